The number of hydrogen-bond donors (Lipinski definition) is 2. The minimum absolute atomic E-state index is 0.0740. The Morgan fingerprint density at radius 1 is 1.03 bits per heavy atom. The molecule has 6 atom stereocenters. The first-order chi connectivity index (χ1) is 14.5. The van der Waals surface area contributed by atoms with Crippen LogP contribution in [0.1, 0.15) is 79.6 Å². The van der Waals surface area contributed by atoms with Crippen LogP contribution in [0.15, 0.2) is 46.3 Å². The van der Waals surface area contributed by atoms with Crippen molar-refractivity contribution in [2.24, 2.45) is 33.5 Å². The Morgan fingerprint density at radius 3 is 2.48 bits per heavy atom. The molecular formula is C28H38O3. The van der Waals surface area contributed by atoms with Crippen LogP contribution in [0.2, 0.25) is 0 Å². The van der Waals surface area contributed by atoms with E-state index in [1.54, 1.807) is 6.08 Å². The van der Waals surface area contributed by atoms with Crippen LogP contribution in [0.4, 0.5) is 0 Å². The number of hydrogen-bond acceptors (Lipinski definition) is 3. The third-order valence-electron chi connectivity index (χ3n) is 10.9. The molecule has 0 spiro atoms. The van der Waals surface area contributed by atoms with E-state index < -0.39 is 0 Å². The smallest absolute Gasteiger partial charge is 0.220 e. The zero-order valence-electron chi connectivity index (χ0n) is 19.8. The number of carbonyl (C=O) groups excluding carboxylic acids is 1. The van der Waals surface area contributed by atoms with Gasteiger partial charge in [0.15, 0.2) is 5.76 Å². The van der Waals surface area contributed by atoms with Gasteiger partial charge in [-0.15, -0.1) is 0 Å². The van der Waals surface area contributed by atoms with Crippen molar-refractivity contribution >= 4 is 5.78 Å². The second-order valence-corrected chi connectivity index (χ2v) is 12.2. The van der Waals surface area contributed by atoms with Crippen molar-refractivity contribution in [3.63, 3.8) is 0 Å². The maximum atomic E-state index is 12.5. The Balaban J connectivity index is 1.64. The lowest BCUT2D eigenvalue weighted by molar-refractivity contribution is -0.151. The van der Waals surface area contributed by atoms with Crippen molar-refractivity contribution in [3.8, 4) is 0 Å². The van der Waals surface area contributed by atoms with Gasteiger partial charge in [-0.25, -0.2) is 0 Å². The lowest BCUT2D eigenvalue weighted by atomic mass is 9.35. The summed E-state index contributed by atoms with van der Waals surface area (Å²) in [5, 5.41) is 20.2. The highest BCUT2D eigenvalue weighted by molar-refractivity contribution is 6.06. The van der Waals surface area contributed by atoms with E-state index in [1.807, 2.05) is 6.92 Å². The molecule has 0 saturated heterocycles. The van der Waals surface area contributed by atoms with Gasteiger partial charge < -0.3 is 10.2 Å². The van der Waals surface area contributed by atoms with E-state index in [2.05, 4.69) is 39.8 Å². The van der Waals surface area contributed by atoms with Crippen LogP contribution in [0.25, 0.3) is 0 Å². The van der Waals surface area contributed by atoms with Crippen LogP contribution in [0.5, 0.6) is 0 Å². The van der Waals surface area contributed by atoms with E-state index in [9.17, 15) is 15.0 Å². The number of fused-ring (bicyclic) bond motifs is 7. The molecule has 3 nitrogen and oxygen atoms in total. The first kappa shape index (κ1) is 21.2. The van der Waals surface area contributed by atoms with Crippen molar-refractivity contribution < 1.29 is 15.0 Å². The summed E-state index contributed by atoms with van der Waals surface area (Å²) in [7, 11) is 0. The van der Waals surface area contributed by atoms with E-state index in [0.717, 1.165) is 36.8 Å². The standard InChI is InChI=1S/C28H38O3/c1-17-19-6-7-22-26(3,20(19)15-21(30)24(17)31)11-13-28(5)23-14-18(16-29)8-9-25(23,2)10-12-27(22,28)4/h6-7,15,18,23,29,31H,8-14,16H2,1-5H3/t18-,23+,25+,26-,27+,28-/m0/s1. The molecule has 2 N–H and O–H groups in total. The molecule has 3 heteroatoms. The summed E-state index contributed by atoms with van der Waals surface area (Å²) in [6.07, 6.45) is 14.3. The SMILES string of the molecule is CC1=C(O)C(=O)C=C2C1=CC=C1[C@@]2(C)CC[C@@]2(C)[C@@H]3C[C@@H](CO)CC[C@]3(C)CC[C@]12C. The average molecular weight is 423 g/mol. The molecule has 31 heavy (non-hydrogen) atoms. The maximum Gasteiger partial charge on any atom is 0.220 e. The second-order valence-electron chi connectivity index (χ2n) is 12.2. The summed E-state index contributed by atoms with van der Waals surface area (Å²) in [6, 6.07) is 0. The van der Waals surface area contributed by atoms with Gasteiger partial charge >= 0.3 is 0 Å². The van der Waals surface area contributed by atoms with Crippen LogP contribution in [0, 0.1) is 33.5 Å². The molecule has 5 rings (SSSR count). The van der Waals surface area contributed by atoms with Gasteiger partial charge in [-0.1, -0.05) is 45.4 Å². The van der Waals surface area contributed by atoms with E-state index in [1.165, 1.54) is 24.8 Å². The van der Waals surface area contributed by atoms with Gasteiger partial charge in [-0.3, -0.25) is 4.79 Å². The van der Waals surface area contributed by atoms with Gasteiger partial charge in [0.1, 0.15) is 0 Å². The summed E-state index contributed by atoms with van der Waals surface area (Å²) in [5.74, 6) is 0.702. The predicted octanol–water partition coefficient (Wildman–Crippen LogP) is 6.22. The molecule has 5 aliphatic carbocycles. The van der Waals surface area contributed by atoms with Gasteiger partial charge in [0.05, 0.1) is 0 Å². The number of rotatable bonds is 1. The highest BCUT2D eigenvalue weighted by atomic mass is 16.3. The van der Waals surface area contributed by atoms with Crippen molar-refractivity contribution in [2.75, 3.05) is 6.61 Å². The van der Waals surface area contributed by atoms with Crippen LogP contribution in [0.3, 0.4) is 0 Å². The molecule has 3 saturated carbocycles. The van der Waals surface area contributed by atoms with Crippen molar-refractivity contribution in [3.05, 3.63) is 46.3 Å². The number of aliphatic hydroxyl groups is 2. The number of ketones is 1. The Labute approximate surface area is 187 Å². The number of aliphatic hydroxyl groups excluding tert-OH is 2. The molecule has 0 radical (unpaired) electrons. The molecule has 168 valence electrons. The molecule has 5 aliphatic rings. The lowest BCUT2D eigenvalue weighted by Gasteiger charge is -2.69. The van der Waals surface area contributed by atoms with Crippen molar-refractivity contribution in [2.45, 2.75) is 79.6 Å². The number of carbonyl (C=O) groups is 1. The quantitative estimate of drug-likeness (QED) is 0.528. The third-order valence-corrected chi connectivity index (χ3v) is 10.9. The molecule has 3 fully saturated rings. The van der Waals surface area contributed by atoms with E-state index in [4.69, 9.17) is 0 Å². The highest BCUT2D eigenvalue weighted by Crippen LogP contribution is 2.74. The molecule has 0 unspecified atom stereocenters. The summed E-state index contributed by atoms with van der Waals surface area (Å²) in [5.41, 5.74) is 4.82. The van der Waals surface area contributed by atoms with E-state index >= 15 is 0 Å². The predicted molar refractivity (Wildman–Crippen MR) is 123 cm³/mol. The van der Waals surface area contributed by atoms with E-state index in [0.29, 0.717) is 29.4 Å². The Bertz CT molecular complexity index is 980. The fourth-order valence-electron chi connectivity index (χ4n) is 8.57. The zero-order chi connectivity index (χ0) is 22.4. The van der Waals surface area contributed by atoms with Crippen LogP contribution < -0.4 is 0 Å². The second kappa shape index (κ2) is 6.47. The molecule has 0 amide bonds. The average Bonchev–Trinajstić information content (AvgIpc) is 2.74. The van der Waals surface area contributed by atoms with Gasteiger partial charge in [0.2, 0.25) is 5.78 Å². The summed E-state index contributed by atoms with van der Waals surface area (Å²) in [6.45, 7) is 12.0. The van der Waals surface area contributed by atoms with Crippen LogP contribution in [-0.4, -0.2) is 22.6 Å². The van der Waals surface area contributed by atoms with Crippen LogP contribution >= 0.6 is 0 Å². The normalized spacial score (nSPS) is 46.8. The Kier molecular flexibility index (Phi) is 4.43. The van der Waals surface area contributed by atoms with Crippen LogP contribution in [-0.2, 0) is 4.79 Å². The van der Waals surface area contributed by atoms with Crippen molar-refractivity contribution in [1.29, 1.82) is 0 Å². The Morgan fingerprint density at radius 2 is 1.77 bits per heavy atom. The molecule has 0 heterocycles. The van der Waals surface area contributed by atoms with Gasteiger partial charge in [0.25, 0.3) is 0 Å². The fourth-order valence-corrected chi connectivity index (χ4v) is 8.57. The highest BCUT2D eigenvalue weighted by Gasteiger charge is 2.65. The summed E-state index contributed by atoms with van der Waals surface area (Å²) < 4.78 is 0. The molecular weight excluding hydrogens is 384 g/mol. The molecule has 0 aromatic rings. The molecule has 0 aliphatic heterocycles. The minimum Gasteiger partial charge on any atom is -0.504 e. The zero-order valence-corrected chi connectivity index (χ0v) is 19.8. The topological polar surface area (TPSA) is 57.5 Å². The summed E-state index contributed by atoms with van der Waals surface area (Å²) in [4.78, 5) is 12.5. The van der Waals surface area contributed by atoms with Crippen molar-refractivity contribution in [1.82, 2.24) is 0 Å². The Hall–Kier alpha value is -1.61. The van der Waals surface area contributed by atoms with Gasteiger partial charge in [-0.2, -0.15) is 0 Å². The van der Waals surface area contributed by atoms with Gasteiger partial charge in [0, 0.05) is 17.6 Å². The molecule has 0 bridgehead atoms. The molecule has 0 aromatic heterocycles. The molecule has 0 aromatic carbocycles. The minimum atomic E-state index is -0.250. The lowest BCUT2D eigenvalue weighted by Crippen LogP contribution is -2.61. The summed E-state index contributed by atoms with van der Waals surface area (Å²) >= 11 is 0. The third kappa shape index (κ3) is 2.53. The van der Waals surface area contributed by atoms with E-state index in [-0.39, 0.29) is 27.8 Å². The van der Waals surface area contributed by atoms with Gasteiger partial charge in [-0.05, 0) is 97.2 Å². The maximum absolute atomic E-state index is 12.5. The first-order valence-corrected chi connectivity index (χ1v) is 12.2. The number of allylic oxidation sites excluding steroid dienone is 7. The fraction of sp³-hybridized carbons (Fsp3) is 0.679. The monoisotopic (exact) mass is 422 g/mol. The first-order valence-electron chi connectivity index (χ1n) is 12.2. The largest absolute Gasteiger partial charge is 0.504 e.